The number of carbonyl (C=O) groups is 2. The third-order valence-corrected chi connectivity index (χ3v) is 3.26. The van der Waals surface area contributed by atoms with Crippen LogP contribution in [0.5, 0.6) is 0 Å². The molecule has 0 saturated carbocycles. The molecule has 0 bridgehead atoms. The maximum Gasteiger partial charge on any atom is 0.270 e. The number of benzene rings is 1. The molecule has 1 saturated heterocycles. The van der Waals surface area contributed by atoms with E-state index in [1.165, 1.54) is 18.2 Å². The van der Waals surface area contributed by atoms with E-state index in [2.05, 4.69) is 0 Å². The van der Waals surface area contributed by atoms with Crippen LogP contribution < -0.4 is 0 Å². The molecular weight excluding hydrogens is 248 g/mol. The number of hydrogen-bond donors (Lipinski definition) is 0. The molecule has 1 aromatic rings. The van der Waals surface area contributed by atoms with Gasteiger partial charge in [0.05, 0.1) is 4.92 Å². The Morgan fingerprint density at radius 1 is 1.47 bits per heavy atom. The number of amides is 1. The van der Waals surface area contributed by atoms with E-state index in [1.807, 2.05) is 0 Å². The topological polar surface area (TPSA) is 80.5 Å². The van der Waals surface area contributed by atoms with Crippen molar-refractivity contribution in [1.29, 1.82) is 0 Å². The van der Waals surface area contributed by atoms with Crippen LogP contribution in [0.1, 0.15) is 23.7 Å². The smallest absolute Gasteiger partial charge is 0.270 e. The fourth-order valence-corrected chi connectivity index (χ4v) is 2.13. The van der Waals surface area contributed by atoms with Crippen molar-refractivity contribution in [3.05, 3.63) is 39.9 Å². The van der Waals surface area contributed by atoms with Crippen molar-refractivity contribution in [2.24, 2.45) is 5.92 Å². The molecule has 100 valence electrons. The van der Waals surface area contributed by atoms with Crippen LogP contribution in [-0.4, -0.2) is 34.6 Å². The summed E-state index contributed by atoms with van der Waals surface area (Å²) in [6.45, 7) is 2.54. The number of nitro groups is 1. The molecule has 1 atom stereocenters. The average molecular weight is 262 g/mol. The highest BCUT2D eigenvalue weighted by Crippen LogP contribution is 2.18. The molecule has 0 N–H and O–H groups in total. The molecule has 19 heavy (non-hydrogen) atoms. The van der Waals surface area contributed by atoms with E-state index in [1.54, 1.807) is 17.9 Å². The second-order valence-corrected chi connectivity index (χ2v) is 4.68. The maximum absolute atomic E-state index is 12.2. The Morgan fingerprint density at radius 3 is 2.84 bits per heavy atom. The predicted octanol–water partition coefficient (Wildman–Crippen LogP) is 1.65. The largest absolute Gasteiger partial charge is 0.337 e. The van der Waals surface area contributed by atoms with Crippen molar-refractivity contribution in [3.63, 3.8) is 0 Å². The van der Waals surface area contributed by atoms with Crippen LogP contribution in [0.3, 0.4) is 0 Å². The summed E-state index contributed by atoms with van der Waals surface area (Å²) in [5, 5.41) is 10.7. The standard InChI is InChI=1S/C13H14N2O4/c1-9-8-14(6-5-12(9)16)13(17)10-3-2-4-11(7-10)15(18)19/h2-4,7,9H,5-6,8H2,1H3. The van der Waals surface area contributed by atoms with Gasteiger partial charge in [-0.1, -0.05) is 13.0 Å². The van der Waals surface area contributed by atoms with Crippen molar-refractivity contribution in [2.75, 3.05) is 13.1 Å². The third-order valence-electron chi connectivity index (χ3n) is 3.26. The number of non-ortho nitro benzene ring substituents is 1. The zero-order valence-electron chi connectivity index (χ0n) is 10.5. The van der Waals surface area contributed by atoms with E-state index in [0.717, 1.165) is 0 Å². The van der Waals surface area contributed by atoms with Crippen LogP contribution in [0.25, 0.3) is 0 Å². The normalized spacial score (nSPS) is 19.3. The molecule has 1 aromatic carbocycles. The van der Waals surface area contributed by atoms with Gasteiger partial charge in [-0.05, 0) is 6.07 Å². The molecule has 0 aromatic heterocycles. The van der Waals surface area contributed by atoms with Gasteiger partial charge in [0.2, 0.25) is 0 Å². The Balaban J connectivity index is 2.18. The zero-order chi connectivity index (χ0) is 14.0. The van der Waals surface area contributed by atoms with Crippen LogP contribution in [0, 0.1) is 16.0 Å². The number of Topliss-reactive ketones (excluding diaryl/α,β-unsaturated/α-hetero) is 1. The number of piperidine rings is 1. The molecule has 2 rings (SSSR count). The first-order valence-electron chi connectivity index (χ1n) is 6.05. The van der Waals surface area contributed by atoms with Gasteiger partial charge >= 0.3 is 0 Å². The molecule has 0 aliphatic carbocycles. The highest BCUT2D eigenvalue weighted by atomic mass is 16.6. The second kappa shape index (κ2) is 5.17. The number of carbonyl (C=O) groups excluding carboxylic acids is 2. The lowest BCUT2D eigenvalue weighted by molar-refractivity contribution is -0.384. The minimum absolute atomic E-state index is 0.105. The van der Waals surface area contributed by atoms with E-state index >= 15 is 0 Å². The molecule has 0 radical (unpaired) electrons. The Morgan fingerprint density at radius 2 is 2.21 bits per heavy atom. The van der Waals surface area contributed by atoms with Gasteiger partial charge in [-0.2, -0.15) is 0 Å². The Labute approximate surface area is 110 Å². The van der Waals surface area contributed by atoms with Crippen molar-refractivity contribution < 1.29 is 14.5 Å². The molecule has 6 heteroatoms. The van der Waals surface area contributed by atoms with Crippen LogP contribution >= 0.6 is 0 Å². The monoisotopic (exact) mass is 262 g/mol. The van der Waals surface area contributed by atoms with Gasteiger partial charge in [-0.15, -0.1) is 0 Å². The van der Waals surface area contributed by atoms with E-state index in [9.17, 15) is 19.7 Å². The number of nitro benzene ring substituents is 1. The van der Waals surface area contributed by atoms with Gasteiger partial charge in [-0.3, -0.25) is 19.7 Å². The molecule has 1 aliphatic heterocycles. The second-order valence-electron chi connectivity index (χ2n) is 4.68. The van der Waals surface area contributed by atoms with Gasteiger partial charge in [0.15, 0.2) is 0 Å². The third kappa shape index (κ3) is 2.78. The predicted molar refractivity (Wildman–Crippen MR) is 67.8 cm³/mol. The Kier molecular flexibility index (Phi) is 3.59. The van der Waals surface area contributed by atoms with E-state index in [-0.39, 0.29) is 28.9 Å². The summed E-state index contributed by atoms with van der Waals surface area (Å²) in [5.74, 6) is -0.275. The van der Waals surface area contributed by atoms with Crippen molar-refractivity contribution >= 4 is 17.4 Å². The summed E-state index contributed by atoms with van der Waals surface area (Å²) in [6.07, 6.45) is 0.349. The average Bonchev–Trinajstić information content (AvgIpc) is 2.41. The van der Waals surface area contributed by atoms with Gasteiger partial charge in [-0.25, -0.2) is 0 Å². The highest BCUT2D eigenvalue weighted by Gasteiger charge is 2.27. The summed E-state index contributed by atoms with van der Waals surface area (Å²) in [6, 6.07) is 5.66. The van der Waals surface area contributed by atoms with Crippen LogP contribution in [0.4, 0.5) is 5.69 Å². The summed E-state index contributed by atoms with van der Waals surface area (Å²) in [5.41, 5.74) is 0.183. The van der Waals surface area contributed by atoms with E-state index in [0.29, 0.717) is 19.5 Å². The quantitative estimate of drug-likeness (QED) is 0.599. The van der Waals surface area contributed by atoms with Crippen LogP contribution in [0.15, 0.2) is 24.3 Å². The maximum atomic E-state index is 12.2. The van der Waals surface area contributed by atoms with E-state index < -0.39 is 4.92 Å². The van der Waals surface area contributed by atoms with Crippen LogP contribution in [0.2, 0.25) is 0 Å². The number of nitrogens with zero attached hydrogens (tertiary/aromatic N) is 2. The summed E-state index contributed by atoms with van der Waals surface area (Å²) < 4.78 is 0. The van der Waals surface area contributed by atoms with Crippen molar-refractivity contribution in [3.8, 4) is 0 Å². The molecular formula is C13H14N2O4. The number of rotatable bonds is 2. The van der Waals surface area contributed by atoms with Gasteiger partial charge < -0.3 is 4.90 Å². The molecule has 1 aliphatic rings. The minimum atomic E-state index is -0.529. The Hall–Kier alpha value is -2.24. The van der Waals surface area contributed by atoms with Gasteiger partial charge in [0.1, 0.15) is 5.78 Å². The lowest BCUT2D eigenvalue weighted by atomic mass is 9.98. The first-order valence-corrected chi connectivity index (χ1v) is 6.05. The molecule has 6 nitrogen and oxygen atoms in total. The zero-order valence-corrected chi connectivity index (χ0v) is 10.5. The first-order chi connectivity index (χ1) is 8.99. The molecule has 1 heterocycles. The van der Waals surface area contributed by atoms with Gasteiger partial charge in [0.25, 0.3) is 11.6 Å². The number of hydrogen-bond acceptors (Lipinski definition) is 4. The minimum Gasteiger partial charge on any atom is -0.337 e. The fraction of sp³-hybridized carbons (Fsp3) is 0.385. The van der Waals surface area contributed by atoms with Gasteiger partial charge in [0, 0.05) is 43.1 Å². The molecule has 1 amide bonds. The first kappa shape index (κ1) is 13.2. The lowest BCUT2D eigenvalue weighted by Gasteiger charge is -2.30. The SMILES string of the molecule is CC1CN(C(=O)c2cccc([N+](=O)[O-])c2)CCC1=O. The molecule has 0 spiro atoms. The molecule has 1 fully saturated rings. The summed E-state index contributed by atoms with van der Waals surface area (Å²) in [4.78, 5) is 35.4. The lowest BCUT2D eigenvalue weighted by Crippen LogP contribution is -2.43. The Bertz CT molecular complexity index is 541. The molecule has 1 unspecified atom stereocenters. The van der Waals surface area contributed by atoms with Crippen molar-refractivity contribution in [1.82, 2.24) is 4.90 Å². The number of likely N-dealkylation sites (tertiary alicyclic amines) is 1. The van der Waals surface area contributed by atoms with E-state index in [4.69, 9.17) is 0 Å². The fourth-order valence-electron chi connectivity index (χ4n) is 2.13. The van der Waals surface area contributed by atoms with Crippen LogP contribution in [-0.2, 0) is 4.79 Å². The summed E-state index contributed by atoms with van der Waals surface area (Å²) >= 11 is 0. The highest BCUT2D eigenvalue weighted by molar-refractivity contribution is 5.96. The number of ketones is 1. The van der Waals surface area contributed by atoms with Crippen molar-refractivity contribution in [2.45, 2.75) is 13.3 Å². The summed E-state index contributed by atoms with van der Waals surface area (Å²) in [7, 11) is 0.